The number of methoxy groups -OCH3 is 1. The van der Waals surface area contributed by atoms with Crippen molar-refractivity contribution in [1.29, 1.82) is 0 Å². The van der Waals surface area contributed by atoms with Gasteiger partial charge in [0.15, 0.2) is 0 Å². The van der Waals surface area contributed by atoms with Crippen LogP contribution in [0, 0.1) is 0 Å². The van der Waals surface area contributed by atoms with Gasteiger partial charge in [0, 0.05) is 16.9 Å². The molecular weight excluding hydrogens is 470 g/mol. The van der Waals surface area contributed by atoms with Gasteiger partial charge in [-0.1, -0.05) is 48.0 Å². The first kappa shape index (κ1) is 23.7. The molecule has 1 heterocycles. The highest BCUT2D eigenvalue weighted by Crippen LogP contribution is 2.27. The number of ether oxygens (including phenoxy) is 1. The highest BCUT2D eigenvalue weighted by molar-refractivity contribution is 6.48. The van der Waals surface area contributed by atoms with E-state index >= 15 is 0 Å². The standard InChI is InChI=1S/C26H20ClN3O5/c1-35-26(34)18-8-5-9-20(14-18)29-23(31)17-10-12-19(13-11-17)28-22-21(27)24(32)30(25(22)33)15-16-6-3-2-4-7-16/h2-14,28H,15H2,1H3,(H,29,31). The first-order valence-electron chi connectivity index (χ1n) is 10.5. The maximum atomic E-state index is 12.8. The second-order valence-electron chi connectivity index (χ2n) is 7.60. The van der Waals surface area contributed by atoms with E-state index in [0.29, 0.717) is 22.5 Å². The van der Waals surface area contributed by atoms with Crippen LogP contribution in [-0.4, -0.2) is 35.7 Å². The number of esters is 1. The zero-order valence-corrected chi connectivity index (χ0v) is 19.3. The van der Waals surface area contributed by atoms with Crippen molar-refractivity contribution in [2.75, 3.05) is 17.7 Å². The minimum atomic E-state index is -0.576. The number of nitrogens with zero attached hydrogens (tertiary/aromatic N) is 1. The van der Waals surface area contributed by atoms with Gasteiger partial charge in [-0.15, -0.1) is 0 Å². The lowest BCUT2D eigenvalue weighted by Crippen LogP contribution is -2.31. The summed E-state index contributed by atoms with van der Waals surface area (Å²) < 4.78 is 4.69. The number of anilines is 2. The van der Waals surface area contributed by atoms with E-state index in [-0.39, 0.29) is 17.3 Å². The van der Waals surface area contributed by atoms with Gasteiger partial charge in [-0.05, 0) is 48.0 Å². The van der Waals surface area contributed by atoms with Crippen molar-refractivity contribution in [2.24, 2.45) is 0 Å². The first-order chi connectivity index (χ1) is 16.9. The van der Waals surface area contributed by atoms with Crippen molar-refractivity contribution in [3.8, 4) is 0 Å². The van der Waals surface area contributed by atoms with Gasteiger partial charge in [0.2, 0.25) is 0 Å². The highest BCUT2D eigenvalue weighted by atomic mass is 35.5. The highest BCUT2D eigenvalue weighted by Gasteiger charge is 2.37. The maximum Gasteiger partial charge on any atom is 0.337 e. The van der Waals surface area contributed by atoms with E-state index in [2.05, 4.69) is 15.4 Å². The largest absolute Gasteiger partial charge is 0.465 e. The molecule has 2 N–H and O–H groups in total. The van der Waals surface area contributed by atoms with Crippen molar-refractivity contribution in [1.82, 2.24) is 4.90 Å². The third-order valence-corrected chi connectivity index (χ3v) is 5.60. The first-order valence-corrected chi connectivity index (χ1v) is 10.9. The Morgan fingerprint density at radius 2 is 1.57 bits per heavy atom. The number of carbonyl (C=O) groups is 4. The summed E-state index contributed by atoms with van der Waals surface area (Å²) in [5, 5.41) is 5.40. The number of hydrogen-bond donors (Lipinski definition) is 2. The van der Waals surface area contributed by atoms with Gasteiger partial charge in [-0.2, -0.15) is 0 Å². The average Bonchev–Trinajstić information content (AvgIpc) is 3.08. The van der Waals surface area contributed by atoms with Crippen LogP contribution >= 0.6 is 11.6 Å². The van der Waals surface area contributed by atoms with Crippen LogP contribution in [0.5, 0.6) is 0 Å². The minimum Gasteiger partial charge on any atom is -0.465 e. The summed E-state index contributed by atoms with van der Waals surface area (Å²) in [7, 11) is 1.28. The van der Waals surface area contributed by atoms with Gasteiger partial charge in [0.25, 0.3) is 17.7 Å². The normalized spacial score (nSPS) is 13.1. The lowest BCUT2D eigenvalue weighted by atomic mass is 10.1. The van der Waals surface area contributed by atoms with Gasteiger partial charge in [0.1, 0.15) is 10.7 Å². The van der Waals surface area contributed by atoms with Crippen LogP contribution in [0.1, 0.15) is 26.3 Å². The summed E-state index contributed by atoms with van der Waals surface area (Å²) in [6.07, 6.45) is 0. The molecular formula is C26H20ClN3O5. The van der Waals surface area contributed by atoms with Crippen molar-refractivity contribution in [3.05, 3.63) is 106 Å². The van der Waals surface area contributed by atoms with Gasteiger partial charge >= 0.3 is 5.97 Å². The second-order valence-corrected chi connectivity index (χ2v) is 7.98. The van der Waals surface area contributed by atoms with Gasteiger partial charge in [-0.3, -0.25) is 19.3 Å². The minimum absolute atomic E-state index is 0.0237. The summed E-state index contributed by atoms with van der Waals surface area (Å²) in [4.78, 5) is 50.7. The molecule has 0 aliphatic carbocycles. The number of nitrogens with one attached hydrogen (secondary N) is 2. The molecule has 0 bridgehead atoms. The van der Waals surface area contributed by atoms with Crippen LogP contribution in [0.25, 0.3) is 0 Å². The van der Waals surface area contributed by atoms with E-state index in [4.69, 9.17) is 11.6 Å². The second kappa shape index (κ2) is 10.2. The van der Waals surface area contributed by atoms with Gasteiger partial charge < -0.3 is 15.4 Å². The fraction of sp³-hybridized carbons (Fsp3) is 0.0769. The van der Waals surface area contributed by atoms with Gasteiger partial charge in [-0.25, -0.2) is 4.79 Å². The van der Waals surface area contributed by atoms with Crippen molar-refractivity contribution >= 4 is 46.7 Å². The van der Waals surface area contributed by atoms with Crippen LogP contribution in [0.4, 0.5) is 11.4 Å². The number of rotatable bonds is 7. The Hall–Kier alpha value is -4.43. The Balaban J connectivity index is 1.42. The molecule has 0 fully saturated rings. The maximum absolute atomic E-state index is 12.8. The molecule has 4 rings (SSSR count). The Kier molecular flexibility index (Phi) is 6.93. The number of carbonyl (C=O) groups excluding carboxylic acids is 4. The molecule has 0 radical (unpaired) electrons. The molecule has 0 spiro atoms. The predicted octanol–water partition coefficient (Wildman–Crippen LogP) is 4.16. The molecule has 1 aliphatic heterocycles. The summed E-state index contributed by atoms with van der Waals surface area (Å²) >= 11 is 6.16. The van der Waals surface area contributed by atoms with E-state index in [0.717, 1.165) is 10.5 Å². The van der Waals surface area contributed by atoms with Gasteiger partial charge in [0.05, 0.1) is 19.2 Å². The fourth-order valence-electron chi connectivity index (χ4n) is 3.46. The molecule has 0 saturated carbocycles. The molecule has 176 valence electrons. The van der Waals surface area contributed by atoms with E-state index in [9.17, 15) is 19.2 Å². The fourth-order valence-corrected chi connectivity index (χ4v) is 3.69. The topological polar surface area (TPSA) is 105 Å². The molecule has 3 amide bonds. The molecule has 0 unspecified atom stereocenters. The van der Waals surface area contributed by atoms with Crippen LogP contribution in [0.3, 0.4) is 0 Å². The van der Waals surface area contributed by atoms with Crippen LogP contribution in [-0.2, 0) is 20.9 Å². The van der Waals surface area contributed by atoms with E-state index in [1.54, 1.807) is 42.5 Å². The lowest BCUT2D eigenvalue weighted by Gasteiger charge is -2.15. The summed E-state index contributed by atoms with van der Waals surface area (Å²) in [6.45, 7) is 0.107. The third kappa shape index (κ3) is 5.23. The van der Waals surface area contributed by atoms with Crippen LogP contribution in [0.15, 0.2) is 89.6 Å². The number of benzene rings is 3. The molecule has 0 aromatic heterocycles. The van der Waals surface area contributed by atoms with Crippen molar-refractivity contribution in [3.63, 3.8) is 0 Å². The van der Waals surface area contributed by atoms with E-state index < -0.39 is 23.7 Å². The Morgan fingerprint density at radius 3 is 2.26 bits per heavy atom. The quantitative estimate of drug-likeness (QED) is 0.381. The Bertz CT molecular complexity index is 1340. The summed E-state index contributed by atoms with van der Waals surface area (Å²) in [5.41, 5.74) is 2.35. The zero-order valence-electron chi connectivity index (χ0n) is 18.6. The average molecular weight is 490 g/mol. The molecule has 1 aliphatic rings. The Labute approximate surface area is 206 Å². The van der Waals surface area contributed by atoms with E-state index in [1.165, 1.54) is 13.2 Å². The third-order valence-electron chi connectivity index (χ3n) is 5.25. The molecule has 3 aromatic carbocycles. The van der Waals surface area contributed by atoms with Crippen molar-refractivity contribution < 1.29 is 23.9 Å². The lowest BCUT2D eigenvalue weighted by molar-refractivity contribution is -0.138. The molecule has 0 atom stereocenters. The zero-order chi connectivity index (χ0) is 24.9. The molecule has 0 saturated heterocycles. The summed E-state index contributed by atoms with van der Waals surface area (Å²) in [5.74, 6) is -2.01. The van der Waals surface area contributed by atoms with Crippen LogP contribution in [0.2, 0.25) is 0 Å². The van der Waals surface area contributed by atoms with E-state index in [1.807, 2.05) is 30.3 Å². The molecule has 35 heavy (non-hydrogen) atoms. The van der Waals surface area contributed by atoms with Crippen LogP contribution < -0.4 is 10.6 Å². The number of imide groups is 1. The molecule has 9 heteroatoms. The smallest absolute Gasteiger partial charge is 0.337 e. The predicted molar refractivity (Wildman–Crippen MR) is 131 cm³/mol. The number of hydrogen-bond acceptors (Lipinski definition) is 6. The number of halogens is 1. The SMILES string of the molecule is COC(=O)c1cccc(NC(=O)c2ccc(NC3=C(Cl)C(=O)N(Cc4ccccc4)C3=O)cc2)c1. The summed E-state index contributed by atoms with van der Waals surface area (Å²) in [6, 6.07) is 21.8. The Morgan fingerprint density at radius 1 is 0.857 bits per heavy atom. The molecule has 8 nitrogen and oxygen atoms in total. The van der Waals surface area contributed by atoms with Crippen molar-refractivity contribution in [2.45, 2.75) is 6.54 Å². The molecule has 3 aromatic rings. The number of amides is 3. The monoisotopic (exact) mass is 489 g/mol.